The zero-order valence-electron chi connectivity index (χ0n) is 10.8. The van der Waals surface area contributed by atoms with E-state index in [9.17, 15) is 9.59 Å². The van der Waals surface area contributed by atoms with E-state index >= 15 is 0 Å². The Morgan fingerprint density at radius 3 is 2.74 bits per heavy atom. The maximum Gasteiger partial charge on any atom is 0.241 e. The summed E-state index contributed by atoms with van der Waals surface area (Å²) in [5.41, 5.74) is 6.46. The Morgan fingerprint density at radius 2 is 2.05 bits per heavy atom. The Balaban J connectivity index is 1.93. The number of hydrogen-bond donors (Lipinski definition) is 2. The van der Waals surface area contributed by atoms with E-state index in [1.807, 2.05) is 30.3 Å². The summed E-state index contributed by atoms with van der Waals surface area (Å²) in [6.07, 6.45) is 1.10. The van der Waals surface area contributed by atoms with Gasteiger partial charge in [-0.1, -0.05) is 30.3 Å². The number of piperazine rings is 1. The normalized spacial score (nSPS) is 19.2. The number of benzene rings is 1. The molecule has 2 rings (SSSR count). The van der Waals surface area contributed by atoms with Crippen LogP contribution >= 0.6 is 0 Å². The minimum atomic E-state index is -0.517. The summed E-state index contributed by atoms with van der Waals surface area (Å²) < 4.78 is 0. The Labute approximate surface area is 112 Å². The van der Waals surface area contributed by atoms with Crippen LogP contribution in [0.2, 0.25) is 0 Å². The largest absolute Gasteiger partial charge is 0.368 e. The lowest BCUT2D eigenvalue weighted by atomic mass is 10.1. The quantitative estimate of drug-likeness (QED) is 0.795. The topological polar surface area (TPSA) is 75.4 Å². The summed E-state index contributed by atoms with van der Waals surface area (Å²) in [7, 11) is 0. The molecule has 1 saturated heterocycles. The first-order chi connectivity index (χ1) is 9.18. The fourth-order valence-electron chi connectivity index (χ4n) is 2.30. The monoisotopic (exact) mass is 261 g/mol. The zero-order valence-corrected chi connectivity index (χ0v) is 10.8. The summed E-state index contributed by atoms with van der Waals surface area (Å²) in [6, 6.07) is 9.34. The third kappa shape index (κ3) is 3.54. The first kappa shape index (κ1) is 13.5. The molecule has 3 N–H and O–H groups in total. The van der Waals surface area contributed by atoms with Gasteiger partial charge in [0.05, 0.1) is 0 Å². The Hall–Kier alpha value is -1.88. The van der Waals surface area contributed by atoms with E-state index in [-0.39, 0.29) is 5.91 Å². The molecule has 5 heteroatoms. The summed E-state index contributed by atoms with van der Waals surface area (Å²) in [6.45, 7) is 1.70. The number of carbonyl (C=O) groups is 2. The van der Waals surface area contributed by atoms with Crippen molar-refractivity contribution in [2.45, 2.75) is 18.9 Å². The highest BCUT2D eigenvalue weighted by Crippen LogP contribution is 2.09. The molecule has 0 radical (unpaired) electrons. The van der Waals surface area contributed by atoms with Gasteiger partial charge in [-0.05, 0) is 12.0 Å². The fourth-order valence-corrected chi connectivity index (χ4v) is 2.30. The van der Waals surface area contributed by atoms with Crippen molar-refractivity contribution in [1.29, 1.82) is 0 Å². The molecule has 0 spiro atoms. The van der Waals surface area contributed by atoms with Gasteiger partial charge < -0.3 is 16.0 Å². The molecule has 1 heterocycles. The van der Waals surface area contributed by atoms with Crippen LogP contribution < -0.4 is 11.1 Å². The number of nitrogens with two attached hydrogens (primary N) is 1. The molecule has 0 bridgehead atoms. The van der Waals surface area contributed by atoms with Crippen LogP contribution in [-0.2, 0) is 16.0 Å². The highest BCUT2D eigenvalue weighted by molar-refractivity contribution is 5.87. The molecule has 19 heavy (non-hydrogen) atoms. The van der Waals surface area contributed by atoms with Gasteiger partial charge in [0, 0.05) is 26.1 Å². The number of nitrogens with one attached hydrogen (secondary N) is 1. The number of hydrogen-bond acceptors (Lipinski definition) is 3. The molecule has 1 aliphatic rings. The van der Waals surface area contributed by atoms with E-state index in [4.69, 9.17) is 5.73 Å². The van der Waals surface area contributed by atoms with E-state index in [1.54, 1.807) is 4.90 Å². The molecular formula is C14H19N3O2. The third-order valence-electron chi connectivity index (χ3n) is 3.36. The van der Waals surface area contributed by atoms with Gasteiger partial charge in [-0.15, -0.1) is 0 Å². The van der Waals surface area contributed by atoms with E-state index < -0.39 is 11.9 Å². The van der Waals surface area contributed by atoms with Crippen LogP contribution in [0.25, 0.3) is 0 Å². The predicted octanol–water partition coefficient (Wildman–Crippen LogP) is -0.0951. The SMILES string of the molecule is NC(=O)C1CNCCN1C(=O)CCc1ccccc1. The zero-order chi connectivity index (χ0) is 13.7. The molecular weight excluding hydrogens is 242 g/mol. The lowest BCUT2D eigenvalue weighted by molar-refractivity contribution is -0.140. The van der Waals surface area contributed by atoms with Gasteiger partial charge in [0.2, 0.25) is 11.8 Å². The lowest BCUT2D eigenvalue weighted by Crippen LogP contribution is -2.58. The van der Waals surface area contributed by atoms with Gasteiger partial charge in [-0.25, -0.2) is 0 Å². The average Bonchev–Trinajstić information content (AvgIpc) is 2.46. The second-order valence-electron chi connectivity index (χ2n) is 4.70. The molecule has 2 amide bonds. The van der Waals surface area contributed by atoms with E-state index in [0.717, 1.165) is 5.56 Å². The van der Waals surface area contributed by atoms with Crippen molar-refractivity contribution < 1.29 is 9.59 Å². The second kappa shape index (κ2) is 6.33. The minimum Gasteiger partial charge on any atom is -0.368 e. The summed E-state index contributed by atoms with van der Waals surface area (Å²) in [5, 5.41) is 3.08. The van der Waals surface area contributed by atoms with Crippen molar-refractivity contribution in [3.63, 3.8) is 0 Å². The molecule has 1 atom stereocenters. The highest BCUT2D eigenvalue weighted by Gasteiger charge is 2.29. The first-order valence-electron chi connectivity index (χ1n) is 6.52. The molecule has 1 aromatic carbocycles. The van der Waals surface area contributed by atoms with Gasteiger partial charge >= 0.3 is 0 Å². The minimum absolute atomic E-state index is 0.00541. The van der Waals surface area contributed by atoms with Crippen LogP contribution in [0, 0.1) is 0 Å². The number of amides is 2. The van der Waals surface area contributed by atoms with Crippen molar-refractivity contribution in [1.82, 2.24) is 10.2 Å². The molecule has 1 unspecified atom stereocenters. The molecule has 102 valence electrons. The Kier molecular flexibility index (Phi) is 4.52. The molecule has 0 saturated carbocycles. The predicted molar refractivity (Wildman–Crippen MR) is 72.3 cm³/mol. The highest BCUT2D eigenvalue weighted by atomic mass is 16.2. The van der Waals surface area contributed by atoms with Crippen LogP contribution in [0.5, 0.6) is 0 Å². The van der Waals surface area contributed by atoms with Crippen molar-refractivity contribution in [3.8, 4) is 0 Å². The maximum atomic E-state index is 12.2. The van der Waals surface area contributed by atoms with Crippen molar-refractivity contribution >= 4 is 11.8 Å². The summed E-state index contributed by atoms with van der Waals surface area (Å²) in [5.74, 6) is -0.450. The number of primary amides is 1. The lowest BCUT2D eigenvalue weighted by Gasteiger charge is -2.34. The van der Waals surface area contributed by atoms with Gasteiger partial charge in [-0.3, -0.25) is 9.59 Å². The number of nitrogens with zero attached hydrogens (tertiary/aromatic N) is 1. The summed E-state index contributed by atoms with van der Waals surface area (Å²) >= 11 is 0. The standard InChI is InChI=1S/C14H19N3O2/c15-14(19)12-10-16-8-9-17(12)13(18)7-6-11-4-2-1-3-5-11/h1-5,12,16H,6-10H2,(H2,15,19). The van der Waals surface area contributed by atoms with Gasteiger partial charge in [-0.2, -0.15) is 0 Å². The molecule has 1 fully saturated rings. The van der Waals surface area contributed by atoms with Crippen LogP contribution in [0.15, 0.2) is 30.3 Å². The Morgan fingerprint density at radius 1 is 1.32 bits per heavy atom. The van der Waals surface area contributed by atoms with Crippen LogP contribution in [0.3, 0.4) is 0 Å². The second-order valence-corrected chi connectivity index (χ2v) is 4.70. The fraction of sp³-hybridized carbons (Fsp3) is 0.429. The third-order valence-corrected chi connectivity index (χ3v) is 3.36. The molecule has 0 aromatic heterocycles. The van der Waals surface area contributed by atoms with Gasteiger partial charge in [0.25, 0.3) is 0 Å². The van der Waals surface area contributed by atoms with E-state index in [1.165, 1.54) is 0 Å². The first-order valence-corrected chi connectivity index (χ1v) is 6.52. The van der Waals surface area contributed by atoms with Gasteiger partial charge in [0.1, 0.15) is 6.04 Å². The molecule has 1 aliphatic heterocycles. The van der Waals surface area contributed by atoms with Crippen LogP contribution in [0.1, 0.15) is 12.0 Å². The molecule has 1 aromatic rings. The maximum absolute atomic E-state index is 12.2. The van der Waals surface area contributed by atoms with Crippen molar-refractivity contribution in [2.75, 3.05) is 19.6 Å². The van der Waals surface area contributed by atoms with Crippen LogP contribution in [0.4, 0.5) is 0 Å². The average molecular weight is 261 g/mol. The number of carbonyl (C=O) groups excluding carboxylic acids is 2. The van der Waals surface area contributed by atoms with Crippen molar-refractivity contribution in [2.24, 2.45) is 5.73 Å². The van der Waals surface area contributed by atoms with E-state index in [2.05, 4.69) is 5.32 Å². The van der Waals surface area contributed by atoms with E-state index in [0.29, 0.717) is 32.5 Å². The van der Waals surface area contributed by atoms with Crippen molar-refractivity contribution in [3.05, 3.63) is 35.9 Å². The van der Waals surface area contributed by atoms with Gasteiger partial charge in [0.15, 0.2) is 0 Å². The summed E-state index contributed by atoms with van der Waals surface area (Å²) in [4.78, 5) is 25.1. The smallest absolute Gasteiger partial charge is 0.241 e. The Bertz CT molecular complexity index is 447. The number of aryl methyl sites for hydroxylation is 1. The molecule has 5 nitrogen and oxygen atoms in total. The molecule has 0 aliphatic carbocycles. The number of rotatable bonds is 4. The van der Waals surface area contributed by atoms with Crippen LogP contribution in [-0.4, -0.2) is 42.4 Å².